The SMILES string of the molecule is COCCNCCNc1ncncc1I. The maximum absolute atomic E-state index is 4.92. The van der Waals surface area contributed by atoms with Crippen LogP contribution in [0, 0.1) is 3.57 Å². The summed E-state index contributed by atoms with van der Waals surface area (Å²) in [6.45, 7) is 3.35. The molecule has 1 aromatic rings. The van der Waals surface area contributed by atoms with Crippen LogP contribution in [-0.2, 0) is 4.74 Å². The lowest BCUT2D eigenvalue weighted by atomic mass is 10.5. The van der Waals surface area contributed by atoms with E-state index in [0.29, 0.717) is 0 Å². The molecule has 6 heteroatoms. The molecule has 0 atom stereocenters. The second-order valence-corrected chi connectivity index (χ2v) is 4.05. The first-order chi connectivity index (χ1) is 7.34. The average molecular weight is 322 g/mol. The number of nitrogens with one attached hydrogen (secondary N) is 2. The molecule has 0 amide bonds. The molecule has 2 N–H and O–H groups in total. The molecule has 0 radical (unpaired) electrons. The van der Waals surface area contributed by atoms with Crippen LogP contribution in [0.3, 0.4) is 0 Å². The fraction of sp³-hybridized carbons (Fsp3) is 0.556. The van der Waals surface area contributed by atoms with E-state index in [2.05, 4.69) is 43.2 Å². The van der Waals surface area contributed by atoms with Gasteiger partial charge in [0.2, 0.25) is 0 Å². The van der Waals surface area contributed by atoms with E-state index in [1.54, 1.807) is 19.6 Å². The Kier molecular flexibility index (Phi) is 6.53. The van der Waals surface area contributed by atoms with Crippen LogP contribution in [0.2, 0.25) is 0 Å². The van der Waals surface area contributed by atoms with Gasteiger partial charge in [-0.1, -0.05) is 0 Å². The Labute approximate surface area is 103 Å². The van der Waals surface area contributed by atoms with Gasteiger partial charge < -0.3 is 15.4 Å². The number of nitrogens with zero attached hydrogens (tertiary/aromatic N) is 2. The minimum Gasteiger partial charge on any atom is -0.383 e. The van der Waals surface area contributed by atoms with Gasteiger partial charge in [-0.2, -0.15) is 0 Å². The summed E-state index contributed by atoms with van der Waals surface area (Å²) in [6, 6.07) is 0. The molecule has 5 nitrogen and oxygen atoms in total. The van der Waals surface area contributed by atoms with Gasteiger partial charge in [0, 0.05) is 32.9 Å². The molecule has 0 spiro atoms. The molecule has 0 aromatic carbocycles. The van der Waals surface area contributed by atoms with E-state index in [1.165, 1.54) is 0 Å². The predicted octanol–water partition coefficient (Wildman–Crippen LogP) is 0.729. The van der Waals surface area contributed by atoms with E-state index in [9.17, 15) is 0 Å². The summed E-state index contributed by atoms with van der Waals surface area (Å²) in [7, 11) is 1.70. The second kappa shape index (κ2) is 7.77. The van der Waals surface area contributed by atoms with Gasteiger partial charge in [0.1, 0.15) is 12.1 Å². The number of hydrogen-bond donors (Lipinski definition) is 2. The molecule has 84 valence electrons. The van der Waals surface area contributed by atoms with E-state index in [0.717, 1.165) is 35.6 Å². The van der Waals surface area contributed by atoms with Crippen LogP contribution in [-0.4, -0.2) is 43.3 Å². The topological polar surface area (TPSA) is 59.1 Å². The molecule has 0 bridgehead atoms. The largest absolute Gasteiger partial charge is 0.383 e. The van der Waals surface area contributed by atoms with Crippen LogP contribution in [0.1, 0.15) is 0 Å². The van der Waals surface area contributed by atoms with Crippen LogP contribution < -0.4 is 10.6 Å². The van der Waals surface area contributed by atoms with Crippen LogP contribution in [0.15, 0.2) is 12.5 Å². The van der Waals surface area contributed by atoms with E-state index in [-0.39, 0.29) is 0 Å². The normalized spacial score (nSPS) is 10.3. The molecule has 0 aliphatic carbocycles. The maximum Gasteiger partial charge on any atom is 0.142 e. The minimum absolute atomic E-state index is 0.741. The van der Waals surface area contributed by atoms with Gasteiger partial charge in [-0.3, -0.25) is 0 Å². The smallest absolute Gasteiger partial charge is 0.142 e. The predicted molar refractivity (Wildman–Crippen MR) is 68.0 cm³/mol. The van der Waals surface area contributed by atoms with Gasteiger partial charge in [0.15, 0.2) is 0 Å². The zero-order valence-corrected chi connectivity index (χ0v) is 10.8. The molecule has 0 unspecified atom stereocenters. The van der Waals surface area contributed by atoms with Gasteiger partial charge in [-0.25, -0.2) is 9.97 Å². The van der Waals surface area contributed by atoms with Crippen molar-refractivity contribution in [2.24, 2.45) is 0 Å². The third-order valence-electron chi connectivity index (χ3n) is 1.74. The molecule has 0 aliphatic heterocycles. The first-order valence-electron chi connectivity index (χ1n) is 4.73. The number of ether oxygens (including phenoxy) is 1. The van der Waals surface area contributed by atoms with Gasteiger partial charge in [0.25, 0.3) is 0 Å². The molecule has 1 heterocycles. The van der Waals surface area contributed by atoms with Crippen molar-refractivity contribution in [2.45, 2.75) is 0 Å². The summed E-state index contributed by atoms with van der Waals surface area (Å²) >= 11 is 2.21. The summed E-state index contributed by atoms with van der Waals surface area (Å²) in [5.74, 6) is 0.888. The molecule has 0 saturated heterocycles. The highest BCUT2D eigenvalue weighted by atomic mass is 127. The third kappa shape index (κ3) is 5.24. The van der Waals surface area contributed by atoms with Crippen molar-refractivity contribution in [3.63, 3.8) is 0 Å². The molecule has 0 fully saturated rings. The second-order valence-electron chi connectivity index (χ2n) is 2.89. The highest BCUT2D eigenvalue weighted by molar-refractivity contribution is 14.1. The Morgan fingerprint density at radius 1 is 1.40 bits per heavy atom. The zero-order chi connectivity index (χ0) is 10.9. The molecule has 15 heavy (non-hydrogen) atoms. The minimum atomic E-state index is 0.741. The molecular weight excluding hydrogens is 307 g/mol. The quantitative estimate of drug-likeness (QED) is 0.573. The van der Waals surface area contributed by atoms with Crippen LogP contribution in [0.25, 0.3) is 0 Å². The maximum atomic E-state index is 4.92. The fourth-order valence-corrected chi connectivity index (χ4v) is 1.50. The van der Waals surface area contributed by atoms with Crippen LogP contribution in [0.5, 0.6) is 0 Å². The Morgan fingerprint density at radius 2 is 2.27 bits per heavy atom. The van der Waals surface area contributed by atoms with Crippen molar-refractivity contribution >= 4 is 28.4 Å². The van der Waals surface area contributed by atoms with Crippen molar-refractivity contribution in [1.29, 1.82) is 0 Å². The number of halogens is 1. The number of methoxy groups -OCH3 is 1. The average Bonchev–Trinajstić information content (AvgIpc) is 2.25. The van der Waals surface area contributed by atoms with E-state index in [1.807, 2.05) is 0 Å². The van der Waals surface area contributed by atoms with Crippen molar-refractivity contribution < 1.29 is 4.74 Å². The lowest BCUT2D eigenvalue weighted by molar-refractivity contribution is 0.200. The van der Waals surface area contributed by atoms with Gasteiger partial charge in [-0.15, -0.1) is 0 Å². The summed E-state index contributed by atoms with van der Waals surface area (Å²) in [4.78, 5) is 8.05. The molecule has 1 rings (SSSR count). The highest BCUT2D eigenvalue weighted by Gasteiger charge is 1.98. The Hall–Kier alpha value is -0.470. The van der Waals surface area contributed by atoms with Crippen molar-refractivity contribution in [3.8, 4) is 0 Å². The monoisotopic (exact) mass is 322 g/mol. The molecule has 0 aliphatic rings. The number of aromatic nitrogens is 2. The Balaban J connectivity index is 2.12. The first-order valence-corrected chi connectivity index (χ1v) is 5.81. The van der Waals surface area contributed by atoms with Crippen LogP contribution >= 0.6 is 22.6 Å². The van der Waals surface area contributed by atoms with E-state index < -0.39 is 0 Å². The van der Waals surface area contributed by atoms with E-state index >= 15 is 0 Å². The number of hydrogen-bond acceptors (Lipinski definition) is 5. The number of rotatable bonds is 7. The molecule has 0 saturated carbocycles. The Bertz CT molecular complexity index is 285. The van der Waals surface area contributed by atoms with Crippen molar-refractivity contribution in [2.75, 3.05) is 38.7 Å². The first kappa shape index (κ1) is 12.6. The van der Waals surface area contributed by atoms with Gasteiger partial charge >= 0.3 is 0 Å². The highest BCUT2D eigenvalue weighted by Crippen LogP contribution is 2.11. The lowest BCUT2D eigenvalue weighted by Crippen LogP contribution is -2.25. The third-order valence-corrected chi connectivity index (χ3v) is 2.53. The summed E-state index contributed by atoms with van der Waals surface area (Å²) in [5.41, 5.74) is 0. The van der Waals surface area contributed by atoms with Crippen molar-refractivity contribution in [1.82, 2.24) is 15.3 Å². The summed E-state index contributed by atoms with van der Waals surface area (Å²) in [6.07, 6.45) is 3.33. The summed E-state index contributed by atoms with van der Waals surface area (Å²) in [5, 5.41) is 6.47. The summed E-state index contributed by atoms with van der Waals surface area (Å²) < 4.78 is 5.96. The molecular formula is C9H15IN4O. The Morgan fingerprint density at radius 3 is 3.00 bits per heavy atom. The van der Waals surface area contributed by atoms with Gasteiger partial charge in [0.05, 0.1) is 10.2 Å². The van der Waals surface area contributed by atoms with Crippen LogP contribution in [0.4, 0.5) is 5.82 Å². The lowest BCUT2D eigenvalue weighted by Gasteiger charge is -2.07. The van der Waals surface area contributed by atoms with E-state index in [4.69, 9.17) is 4.74 Å². The number of anilines is 1. The fourth-order valence-electron chi connectivity index (χ4n) is 1.01. The molecule has 1 aromatic heterocycles. The zero-order valence-electron chi connectivity index (χ0n) is 8.66. The standard InChI is InChI=1S/C9H15IN4O/c1-15-5-4-11-2-3-13-9-8(10)6-12-7-14-9/h6-7,11H,2-5H2,1H3,(H,12,13,14). The van der Waals surface area contributed by atoms with Gasteiger partial charge in [-0.05, 0) is 22.6 Å². The van der Waals surface area contributed by atoms with Crippen molar-refractivity contribution in [3.05, 3.63) is 16.1 Å².